The number of nitrogens with zero attached hydrogens (tertiary/aromatic N) is 1. The van der Waals surface area contributed by atoms with Gasteiger partial charge in [-0.2, -0.15) is 17.5 Å². The first-order valence-electron chi connectivity index (χ1n) is 6.43. The number of alkyl halides is 3. The number of sulfonamides is 1. The van der Waals surface area contributed by atoms with Gasteiger partial charge in [-0.05, 0) is 18.2 Å². The molecule has 1 heterocycles. The van der Waals surface area contributed by atoms with Gasteiger partial charge in [0.15, 0.2) is 0 Å². The van der Waals surface area contributed by atoms with Gasteiger partial charge in [0.1, 0.15) is 5.78 Å². The van der Waals surface area contributed by atoms with Gasteiger partial charge in [0, 0.05) is 25.4 Å². The quantitative estimate of drug-likeness (QED) is 0.819. The largest absolute Gasteiger partial charge is 0.417 e. The molecule has 22 heavy (non-hydrogen) atoms. The fraction of sp³-hybridized carbons (Fsp3) is 0.462. The van der Waals surface area contributed by atoms with Crippen LogP contribution >= 0.6 is 11.6 Å². The summed E-state index contributed by atoms with van der Waals surface area (Å²) in [7, 11) is -4.10. The Morgan fingerprint density at radius 2 is 1.95 bits per heavy atom. The summed E-state index contributed by atoms with van der Waals surface area (Å²) in [6.45, 7) is 1.52. The third-order valence-electron chi connectivity index (χ3n) is 3.52. The highest BCUT2D eigenvalue weighted by molar-refractivity contribution is 7.89. The molecule has 0 spiro atoms. The summed E-state index contributed by atoms with van der Waals surface area (Å²) < 4.78 is 64.4. The number of halogens is 4. The van der Waals surface area contributed by atoms with Crippen LogP contribution in [0.3, 0.4) is 0 Å². The van der Waals surface area contributed by atoms with E-state index in [-0.39, 0.29) is 25.3 Å². The van der Waals surface area contributed by atoms with E-state index in [1.165, 1.54) is 0 Å². The summed E-state index contributed by atoms with van der Waals surface area (Å²) >= 11 is 5.49. The van der Waals surface area contributed by atoms with Gasteiger partial charge in [-0.1, -0.05) is 18.5 Å². The number of hydrogen-bond acceptors (Lipinski definition) is 3. The number of ketones is 1. The minimum atomic E-state index is -4.74. The number of benzene rings is 1. The van der Waals surface area contributed by atoms with E-state index in [1.54, 1.807) is 6.92 Å². The molecular formula is C13H13ClF3NO3S. The van der Waals surface area contributed by atoms with Crippen molar-refractivity contribution in [2.24, 2.45) is 5.92 Å². The van der Waals surface area contributed by atoms with E-state index in [0.29, 0.717) is 6.07 Å². The monoisotopic (exact) mass is 355 g/mol. The Kier molecular flexibility index (Phi) is 4.56. The van der Waals surface area contributed by atoms with E-state index >= 15 is 0 Å². The molecule has 1 aromatic rings. The molecule has 0 bridgehead atoms. The zero-order valence-corrected chi connectivity index (χ0v) is 13.1. The number of Topliss-reactive ketones (excluding diaryl/α,β-unsaturated/α-hetero) is 1. The first-order valence-corrected chi connectivity index (χ1v) is 8.25. The fourth-order valence-corrected chi connectivity index (χ4v) is 4.01. The molecular weight excluding hydrogens is 343 g/mol. The second-order valence-electron chi connectivity index (χ2n) is 5.12. The van der Waals surface area contributed by atoms with E-state index in [0.717, 1.165) is 16.4 Å². The van der Waals surface area contributed by atoms with Crippen molar-refractivity contribution in [2.45, 2.75) is 24.4 Å². The second kappa shape index (κ2) is 5.82. The van der Waals surface area contributed by atoms with Gasteiger partial charge in [-0.15, -0.1) is 0 Å². The molecule has 1 fully saturated rings. The van der Waals surface area contributed by atoms with Crippen LogP contribution in [0.2, 0.25) is 5.02 Å². The highest BCUT2D eigenvalue weighted by atomic mass is 35.5. The number of rotatable bonds is 2. The summed E-state index contributed by atoms with van der Waals surface area (Å²) in [6.07, 6.45) is -4.69. The molecule has 4 nitrogen and oxygen atoms in total. The van der Waals surface area contributed by atoms with Crippen LogP contribution in [0.1, 0.15) is 18.9 Å². The van der Waals surface area contributed by atoms with E-state index in [2.05, 4.69) is 0 Å². The summed E-state index contributed by atoms with van der Waals surface area (Å²) in [5.41, 5.74) is -1.20. The molecule has 0 N–H and O–H groups in total. The zero-order valence-electron chi connectivity index (χ0n) is 11.5. The fourth-order valence-electron chi connectivity index (χ4n) is 2.23. The van der Waals surface area contributed by atoms with Crippen LogP contribution in [-0.4, -0.2) is 31.6 Å². The summed E-state index contributed by atoms with van der Waals surface area (Å²) in [5.74, 6) is -0.531. The van der Waals surface area contributed by atoms with E-state index < -0.39 is 37.6 Å². The van der Waals surface area contributed by atoms with Gasteiger partial charge >= 0.3 is 6.18 Å². The van der Waals surface area contributed by atoms with E-state index in [9.17, 15) is 26.4 Å². The lowest BCUT2D eigenvalue weighted by Gasteiger charge is -2.29. The average molecular weight is 356 g/mol. The number of hydrogen-bond donors (Lipinski definition) is 0. The minimum Gasteiger partial charge on any atom is -0.299 e. The topological polar surface area (TPSA) is 54.5 Å². The lowest BCUT2D eigenvalue weighted by Crippen LogP contribution is -2.43. The third-order valence-corrected chi connectivity index (χ3v) is 5.71. The van der Waals surface area contributed by atoms with Gasteiger partial charge in [0.2, 0.25) is 10.0 Å². The van der Waals surface area contributed by atoms with Crippen molar-refractivity contribution in [3.8, 4) is 0 Å². The van der Waals surface area contributed by atoms with Gasteiger partial charge in [-0.25, -0.2) is 8.42 Å². The molecule has 1 aromatic carbocycles. The Morgan fingerprint density at radius 1 is 1.32 bits per heavy atom. The second-order valence-corrected chi connectivity index (χ2v) is 7.46. The van der Waals surface area contributed by atoms with Gasteiger partial charge in [0.05, 0.1) is 15.5 Å². The maximum atomic E-state index is 12.8. The Labute approximate surface area is 130 Å². The molecule has 1 unspecified atom stereocenters. The van der Waals surface area contributed by atoms with Crippen molar-refractivity contribution in [2.75, 3.05) is 13.1 Å². The van der Waals surface area contributed by atoms with Gasteiger partial charge in [0.25, 0.3) is 0 Å². The molecule has 2 rings (SSSR count). The Bertz CT molecular complexity index is 703. The SMILES string of the molecule is CC1CN(S(=O)(=O)c2ccc(Cl)c(C(F)(F)F)c2)CCC1=O. The first-order chi connectivity index (χ1) is 10.0. The first kappa shape index (κ1) is 17.2. The smallest absolute Gasteiger partial charge is 0.299 e. The third kappa shape index (κ3) is 3.28. The number of piperidine rings is 1. The minimum absolute atomic E-state index is 0.0323. The molecule has 0 aliphatic carbocycles. The summed E-state index contributed by atoms with van der Waals surface area (Å²) in [5, 5.41) is -0.561. The van der Waals surface area contributed by atoms with Crippen molar-refractivity contribution >= 4 is 27.4 Å². The van der Waals surface area contributed by atoms with Gasteiger partial charge < -0.3 is 0 Å². The van der Waals surface area contributed by atoms with Crippen LogP contribution in [0.5, 0.6) is 0 Å². The molecule has 9 heteroatoms. The maximum Gasteiger partial charge on any atom is 0.417 e. The normalized spacial score (nSPS) is 21.1. The molecule has 0 amide bonds. The molecule has 1 atom stereocenters. The van der Waals surface area contributed by atoms with E-state index in [4.69, 9.17) is 11.6 Å². The highest BCUT2D eigenvalue weighted by Gasteiger charge is 2.37. The lowest BCUT2D eigenvalue weighted by molar-refractivity contribution is -0.137. The molecule has 1 saturated heterocycles. The van der Waals surface area contributed by atoms with Crippen molar-refractivity contribution in [3.05, 3.63) is 28.8 Å². The van der Waals surface area contributed by atoms with Crippen LogP contribution in [0.15, 0.2) is 23.1 Å². The van der Waals surface area contributed by atoms with Crippen molar-refractivity contribution < 1.29 is 26.4 Å². The molecule has 0 radical (unpaired) electrons. The van der Waals surface area contributed by atoms with Crippen LogP contribution in [0.25, 0.3) is 0 Å². The lowest BCUT2D eigenvalue weighted by atomic mass is 10.0. The molecule has 0 aromatic heterocycles. The zero-order chi connectivity index (χ0) is 16.7. The standard InChI is InChI=1S/C13H13ClF3NO3S/c1-8-7-18(5-4-12(8)19)22(20,21)9-2-3-11(14)10(6-9)13(15,16)17/h2-3,6,8H,4-5,7H2,1H3. The maximum absolute atomic E-state index is 12.8. The number of carbonyl (C=O) groups is 1. The molecule has 122 valence electrons. The van der Waals surface area contributed by atoms with Crippen LogP contribution < -0.4 is 0 Å². The van der Waals surface area contributed by atoms with Crippen molar-refractivity contribution in [1.29, 1.82) is 0 Å². The highest BCUT2D eigenvalue weighted by Crippen LogP contribution is 2.36. The Balaban J connectivity index is 2.40. The molecule has 1 aliphatic heterocycles. The van der Waals surface area contributed by atoms with Crippen LogP contribution in [0.4, 0.5) is 13.2 Å². The summed E-state index contributed by atoms with van der Waals surface area (Å²) in [6, 6.07) is 2.47. The number of carbonyl (C=O) groups excluding carboxylic acids is 1. The Hall–Kier alpha value is -1.12. The predicted molar refractivity (Wildman–Crippen MR) is 74.0 cm³/mol. The van der Waals surface area contributed by atoms with Crippen molar-refractivity contribution in [1.82, 2.24) is 4.31 Å². The summed E-state index contributed by atoms with van der Waals surface area (Å²) in [4.78, 5) is 11.0. The molecule has 1 aliphatic rings. The Morgan fingerprint density at radius 3 is 2.50 bits per heavy atom. The average Bonchev–Trinajstić information content (AvgIpc) is 2.40. The molecule has 0 saturated carbocycles. The van der Waals surface area contributed by atoms with Crippen LogP contribution in [0, 0.1) is 5.92 Å². The predicted octanol–water partition coefficient (Wildman–Crippen LogP) is 2.96. The van der Waals surface area contributed by atoms with Gasteiger partial charge in [-0.3, -0.25) is 4.79 Å². The van der Waals surface area contributed by atoms with Crippen LogP contribution in [-0.2, 0) is 21.0 Å². The van der Waals surface area contributed by atoms with Crippen molar-refractivity contribution in [3.63, 3.8) is 0 Å². The van der Waals surface area contributed by atoms with E-state index in [1.807, 2.05) is 0 Å².